The maximum atomic E-state index is 13.4. The quantitative estimate of drug-likeness (QED) is 0.119. The second-order valence-corrected chi connectivity index (χ2v) is 11.1. The van der Waals surface area contributed by atoms with Crippen molar-refractivity contribution in [3.63, 3.8) is 0 Å². The lowest BCUT2D eigenvalue weighted by Gasteiger charge is -2.36. The van der Waals surface area contributed by atoms with Crippen LogP contribution in [-0.4, -0.2) is 74.1 Å². The highest BCUT2D eigenvalue weighted by atomic mass is 35.5. The van der Waals surface area contributed by atoms with Gasteiger partial charge in [0.15, 0.2) is 0 Å². The molecule has 1 aliphatic carbocycles. The van der Waals surface area contributed by atoms with Crippen LogP contribution in [0.25, 0.3) is 6.08 Å². The fourth-order valence-corrected chi connectivity index (χ4v) is 6.26. The number of allylic oxidation sites excluding steroid dienone is 1. The molecule has 0 saturated carbocycles. The smallest absolute Gasteiger partial charge is 0.303 e. The lowest BCUT2D eigenvalue weighted by molar-refractivity contribution is -0.141. The molecule has 1 saturated heterocycles. The maximum Gasteiger partial charge on any atom is 0.303 e. The Bertz CT molecular complexity index is 1150. The van der Waals surface area contributed by atoms with E-state index in [4.69, 9.17) is 16.7 Å². The predicted molar refractivity (Wildman–Crippen MR) is 150 cm³/mol. The first-order valence-corrected chi connectivity index (χ1v) is 14.4. The van der Waals surface area contributed by atoms with Crippen LogP contribution in [0, 0.1) is 17.8 Å². The van der Waals surface area contributed by atoms with E-state index in [9.17, 15) is 34.8 Å². The van der Waals surface area contributed by atoms with Crippen molar-refractivity contribution in [2.45, 2.75) is 70.8 Å². The predicted octanol–water partition coefficient (Wildman–Crippen LogP) is 3.92. The van der Waals surface area contributed by atoms with E-state index in [0.29, 0.717) is 48.3 Å². The van der Waals surface area contributed by atoms with Gasteiger partial charge < -0.3 is 25.5 Å². The van der Waals surface area contributed by atoms with Crippen LogP contribution in [0.4, 0.5) is 0 Å². The molecule has 9 nitrogen and oxygen atoms in total. The molecule has 0 spiro atoms. The lowest BCUT2D eigenvalue weighted by atomic mass is 9.68. The summed E-state index contributed by atoms with van der Waals surface area (Å²) in [6.45, 7) is 1.39. The summed E-state index contributed by atoms with van der Waals surface area (Å²) in [4.78, 5) is 38.4. The number of carbonyl (C=O) groups is 3. The average Bonchev–Trinajstić information content (AvgIpc) is 3.15. The molecular formula is C30H40ClNO8. The third-order valence-electron chi connectivity index (χ3n) is 7.95. The number of nitrogens with zero attached hydrogens (tertiary/aromatic N) is 1. The van der Waals surface area contributed by atoms with Gasteiger partial charge in [0.05, 0.1) is 36.2 Å². The minimum atomic E-state index is -1.02. The summed E-state index contributed by atoms with van der Waals surface area (Å²) in [6, 6.07) is 4.74. The Balaban J connectivity index is 1.75. The number of phenols is 1. The summed E-state index contributed by atoms with van der Waals surface area (Å²) in [5, 5.41) is 50.7. The van der Waals surface area contributed by atoms with Crippen LogP contribution < -0.4 is 0 Å². The summed E-state index contributed by atoms with van der Waals surface area (Å²) in [5.41, 5.74) is 2.71. The Hall–Kier alpha value is -2.72. The number of rotatable bonds is 15. The Morgan fingerprint density at radius 1 is 1.12 bits per heavy atom. The molecule has 0 radical (unpaired) electrons. The second kappa shape index (κ2) is 14.8. The van der Waals surface area contributed by atoms with Gasteiger partial charge >= 0.3 is 5.97 Å². The molecule has 1 aromatic carbocycles. The zero-order valence-corrected chi connectivity index (χ0v) is 23.6. The zero-order chi connectivity index (χ0) is 29.4. The Kier molecular flexibility index (Phi) is 11.7. The molecule has 10 heteroatoms. The molecule has 0 aromatic heterocycles. The standard InChI is InChI=1S/C30H40ClNO8/c1-2-6-18(13-19-9-10-21(35)15-24(19)31)8-11-25(36)27-20(16-33)14-22-28(23(27)17-34)30(40)32(29(22)39)12-5-3-4-7-26(37)38/h9-10,13,15,22-23,25,28,33-36H,2-8,11-12,14,16-17H2,1H3,(H,37,38)/b18-13+/t22-,23+,25-,28-/m1/s1. The van der Waals surface area contributed by atoms with Gasteiger partial charge in [0.2, 0.25) is 11.8 Å². The van der Waals surface area contributed by atoms with E-state index in [1.165, 1.54) is 11.0 Å². The lowest BCUT2D eigenvalue weighted by Crippen LogP contribution is -2.39. The highest BCUT2D eigenvalue weighted by molar-refractivity contribution is 6.32. The molecule has 220 valence electrons. The topological polar surface area (TPSA) is 156 Å². The Morgan fingerprint density at radius 2 is 1.88 bits per heavy atom. The number of hydrogen-bond donors (Lipinski definition) is 5. The molecule has 1 heterocycles. The molecule has 2 amide bonds. The van der Waals surface area contributed by atoms with E-state index in [1.54, 1.807) is 12.1 Å². The van der Waals surface area contributed by atoms with E-state index in [-0.39, 0.29) is 43.6 Å². The Labute approximate surface area is 239 Å². The molecule has 1 fully saturated rings. The van der Waals surface area contributed by atoms with Crippen LogP contribution in [0.1, 0.15) is 70.3 Å². The Morgan fingerprint density at radius 3 is 2.50 bits per heavy atom. The number of aliphatic hydroxyl groups is 3. The van der Waals surface area contributed by atoms with Gasteiger partial charge in [-0.3, -0.25) is 19.3 Å². The summed E-state index contributed by atoms with van der Waals surface area (Å²) >= 11 is 6.28. The van der Waals surface area contributed by atoms with Crippen molar-refractivity contribution in [1.29, 1.82) is 0 Å². The molecule has 5 N–H and O–H groups in total. The SMILES string of the molecule is CCC/C(=C\c1ccc(O)cc1Cl)CC[C@@H](O)C1=C(CO)C[C@H]2C(=O)N(CCCCCC(=O)O)C(=O)[C@H]2[C@H]1CO. The maximum absolute atomic E-state index is 13.4. The number of carboxylic acid groups (broad SMARTS) is 1. The van der Waals surface area contributed by atoms with Crippen molar-refractivity contribution in [3.8, 4) is 5.75 Å². The number of carboxylic acids is 1. The number of aliphatic carboxylic acids is 1. The molecule has 3 rings (SSSR count). The molecule has 40 heavy (non-hydrogen) atoms. The summed E-state index contributed by atoms with van der Waals surface area (Å²) in [7, 11) is 0. The van der Waals surface area contributed by atoms with Crippen LogP contribution in [-0.2, 0) is 14.4 Å². The third-order valence-corrected chi connectivity index (χ3v) is 8.28. The number of likely N-dealkylation sites (tertiary alicyclic amines) is 1. The molecule has 2 aliphatic rings. The second-order valence-electron chi connectivity index (χ2n) is 10.7. The number of aromatic hydroxyl groups is 1. The first-order valence-electron chi connectivity index (χ1n) is 14.0. The summed E-state index contributed by atoms with van der Waals surface area (Å²) in [5.74, 6) is -3.84. The molecule has 1 aromatic rings. The molecule has 4 atom stereocenters. The number of unbranched alkanes of at least 4 members (excludes halogenated alkanes) is 2. The monoisotopic (exact) mass is 577 g/mol. The minimum absolute atomic E-state index is 0.0297. The van der Waals surface area contributed by atoms with Crippen LogP contribution >= 0.6 is 11.6 Å². The number of hydrogen-bond acceptors (Lipinski definition) is 7. The van der Waals surface area contributed by atoms with Crippen molar-refractivity contribution in [2.24, 2.45) is 17.8 Å². The van der Waals surface area contributed by atoms with Gasteiger partial charge in [0, 0.05) is 18.9 Å². The van der Waals surface area contributed by atoms with Crippen molar-refractivity contribution in [1.82, 2.24) is 4.90 Å². The number of imide groups is 1. The number of carbonyl (C=O) groups excluding carboxylic acids is 2. The number of aliphatic hydroxyl groups excluding tert-OH is 3. The van der Waals surface area contributed by atoms with E-state index in [2.05, 4.69) is 0 Å². The largest absolute Gasteiger partial charge is 0.508 e. The molecular weight excluding hydrogens is 538 g/mol. The number of fused-ring (bicyclic) bond motifs is 1. The van der Waals surface area contributed by atoms with Gasteiger partial charge in [-0.05, 0) is 73.4 Å². The third kappa shape index (κ3) is 7.51. The van der Waals surface area contributed by atoms with Gasteiger partial charge in [-0.2, -0.15) is 0 Å². The summed E-state index contributed by atoms with van der Waals surface area (Å²) in [6.07, 6.45) is 5.03. The van der Waals surface area contributed by atoms with Crippen molar-refractivity contribution in [2.75, 3.05) is 19.8 Å². The van der Waals surface area contributed by atoms with Crippen LogP contribution in [0.3, 0.4) is 0 Å². The van der Waals surface area contributed by atoms with Gasteiger partial charge in [-0.15, -0.1) is 0 Å². The highest BCUT2D eigenvalue weighted by Gasteiger charge is 2.54. The fourth-order valence-electron chi connectivity index (χ4n) is 6.04. The molecule has 0 bridgehead atoms. The van der Waals surface area contributed by atoms with Gasteiger partial charge in [0.25, 0.3) is 0 Å². The number of phenolic OH excluding ortho intramolecular Hbond substituents is 1. The van der Waals surface area contributed by atoms with E-state index < -0.39 is 36.4 Å². The molecule has 0 unspecified atom stereocenters. The average molecular weight is 578 g/mol. The van der Waals surface area contributed by atoms with Gasteiger partial charge in [0.1, 0.15) is 5.75 Å². The van der Waals surface area contributed by atoms with E-state index in [0.717, 1.165) is 24.0 Å². The first-order chi connectivity index (χ1) is 19.1. The first kappa shape index (κ1) is 31.8. The zero-order valence-electron chi connectivity index (χ0n) is 22.9. The van der Waals surface area contributed by atoms with E-state index >= 15 is 0 Å². The van der Waals surface area contributed by atoms with Crippen molar-refractivity contribution >= 4 is 35.5 Å². The van der Waals surface area contributed by atoms with Gasteiger partial charge in [-0.1, -0.05) is 43.0 Å². The highest BCUT2D eigenvalue weighted by Crippen LogP contribution is 2.46. The van der Waals surface area contributed by atoms with Crippen molar-refractivity contribution in [3.05, 3.63) is 45.5 Å². The van der Waals surface area contributed by atoms with Gasteiger partial charge in [-0.25, -0.2) is 0 Å². The fraction of sp³-hybridized carbons (Fsp3) is 0.567. The molecule has 1 aliphatic heterocycles. The number of halogens is 1. The van der Waals surface area contributed by atoms with Crippen LogP contribution in [0.2, 0.25) is 5.02 Å². The van der Waals surface area contributed by atoms with Crippen LogP contribution in [0.5, 0.6) is 5.75 Å². The number of benzene rings is 1. The van der Waals surface area contributed by atoms with Crippen molar-refractivity contribution < 1.29 is 39.9 Å². The normalized spacial score (nSPS) is 22.2. The van der Waals surface area contributed by atoms with E-state index in [1.807, 2.05) is 13.0 Å². The minimum Gasteiger partial charge on any atom is -0.508 e. The number of amides is 2. The summed E-state index contributed by atoms with van der Waals surface area (Å²) < 4.78 is 0. The van der Waals surface area contributed by atoms with Crippen LogP contribution in [0.15, 0.2) is 34.9 Å².